The maximum atomic E-state index is 9.63. The summed E-state index contributed by atoms with van der Waals surface area (Å²) in [5.74, 6) is 0.469. The van der Waals surface area contributed by atoms with Gasteiger partial charge < -0.3 is 0 Å². The first kappa shape index (κ1) is 12.9. The van der Waals surface area contributed by atoms with Crippen molar-refractivity contribution in [1.29, 1.82) is 5.26 Å². The Labute approximate surface area is 106 Å². The van der Waals surface area contributed by atoms with Gasteiger partial charge >= 0.3 is 0 Å². The van der Waals surface area contributed by atoms with E-state index in [4.69, 9.17) is 0 Å². The van der Waals surface area contributed by atoms with Gasteiger partial charge in [0.1, 0.15) is 5.54 Å². The first-order valence-corrected chi connectivity index (χ1v) is 7.16. The molecule has 0 radical (unpaired) electrons. The molecule has 2 aliphatic rings. The molecule has 0 aromatic rings. The summed E-state index contributed by atoms with van der Waals surface area (Å²) in [5, 5.41) is 13.3. The van der Waals surface area contributed by atoms with Gasteiger partial charge in [0.05, 0.1) is 6.07 Å². The fourth-order valence-electron chi connectivity index (χ4n) is 3.73. The quantitative estimate of drug-likeness (QED) is 0.792. The van der Waals surface area contributed by atoms with Crippen molar-refractivity contribution < 1.29 is 0 Å². The topological polar surface area (TPSA) is 35.8 Å². The summed E-state index contributed by atoms with van der Waals surface area (Å²) in [6, 6.07) is 3.22. The van der Waals surface area contributed by atoms with E-state index in [9.17, 15) is 5.26 Å². The normalized spacial score (nSPS) is 37.9. The SMILES string of the molecule is CC1CC(C)(C)CCC1(C#N)NC1CCCC1. The Morgan fingerprint density at radius 2 is 1.82 bits per heavy atom. The highest BCUT2D eigenvalue weighted by atomic mass is 15.0. The fourth-order valence-corrected chi connectivity index (χ4v) is 3.73. The summed E-state index contributed by atoms with van der Waals surface area (Å²) in [5.41, 5.74) is 0.168. The predicted molar refractivity (Wildman–Crippen MR) is 70.5 cm³/mol. The van der Waals surface area contributed by atoms with Crippen LogP contribution in [-0.4, -0.2) is 11.6 Å². The average Bonchev–Trinajstić information content (AvgIpc) is 2.74. The maximum Gasteiger partial charge on any atom is 0.109 e. The molecule has 96 valence electrons. The standard InChI is InChI=1S/C15H26N2/c1-12-10-14(2,3)8-9-15(12,11-16)17-13-6-4-5-7-13/h12-13,17H,4-10H2,1-3H3. The molecule has 0 bridgehead atoms. The Morgan fingerprint density at radius 3 is 2.35 bits per heavy atom. The molecule has 0 saturated heterocycles. The second-order valence-corrected chi connectivity index (χ2v) is 6.98. The molecule has 0 amide bonds. The molecule has 2 saturated carbocycles. The fraction of sp³-hybridized carbons (Fsp3) is 0.933. The lowest BCUT2D eigenvalue weighted by molar-refractivity contribution is 0.101. The first-order valence-electron chi connectivity index (χ1n) is 7.16. The smallest absolute Gasteiger partial charge is 0.109 e. The zero-order valence-corrected chi connectivity index (χ0v) is 11.6. The summed E-state index contributed by atoms with van der Waals surface area (Å²) in [6.07, 6.45) is 8.55. The molecule has 0 aliphatic heterocycles. The van der Waals surface area contributed by atoms with Gasteiger partial charge in [-0.1, -0.05) is 33.6 Å². The third kappa shape index (κ3) is 2.65. The van der Waals surface area contributed by atoms with Crippen LogP contribution in [0.25, 0.3) is 0 Å². The van der Waals surface area contributed by atoms with Crippen molar-refractivity contribution in [2.24, 2.45) is 11.3 Å². The number of nitrogens with one attached hydrogen (secondary N) is 1. The van der Waals surface area contributed by atoms with Crippen molar-refractivity contribution in [2.45, 2.75) is 77.3 Å². The molecule has 2 fully saturated rings. The molecule has 2 unspecified atom stereocenters. The van der Waals surface area contributed by atoms with Gasteiger partial charge in [0.15, 0.2) is 0 Å². The van der Waals surface area contributed by atoms with E-state index in [2.05, 4.69) is 32.2 Å². The summed E-state index contributed by atoms with van der Waals surface area (Å²) in [7, 11) is 0. The number of hydrogen-bond donors (Lipinski definition) is 1. The molecule has 0 heterocycles. The van der Waals surface area contributed by atoms with E-state index in [1.54, 1.807) is 0 Å². The minimum absolute atomic E-state index is 0.246. The van der Waals surface area contributed by atoms with Crippen LogP contribution in [0.15, 0.2) is 0 Å². The molecular weight excluding hydrogens is 208 g/mol. The minimum Gasteiger partial charge on any atom is -0.296 e. The molecule has 2 heteroatoms. The lowest BCUT2D eigenvalue weighted by Gasteiger charge is -2.46. The van der Waals surface area contributed by atoms with E-state index in [0.717, 1.165) is 6.42 Å². The van der Waals surface area contributed by atoms with E-state index in [-0.39, 0.29) is 5.54 Å². The van der Waals surface area contributed by atoms with Crippen LogP contribution in [0.3, 0.4) is 0 Å². The van der Waals surface area contributed by atoms with Crippen molar-refractivity contribution in [3.8, 4) is 6.07 Å². The zero-order chi connectivity index (χ0) is 12.5. The van der Waals surface area contributed by atoms with Crippen molar-refractivity contribution in [3.63, 3.8) is 0 Å². The summed E-state index contributed by atoms with van der Waals surface area (Å²) in [6.45, 7) is 6.92. The summed E-state index contributed by atoms with van der Waals surface area (Å²) >= 11 is 0. The second-order valence-electron chi connectivity index (χ2n) is 6.98. The van der Waals surface area contributed by atoms with E-state index in [0.29, 0.717) is 17.4 Å². The van der Waals surface area contributed by atoms with Crippen LogP contribution in [-0.2, 0) is 0 Å². The number of nitriles is 1. The van der Waals surface area contributed by atoms with Crippen LogP contribution in [0.2, 0.25) is 0 Å². The lowest BCUT2D eigenvalue weighted by Crippen LogP contribution is -2.56. The van der Waals surface area contributed by atoms with Crippen molar-refractivity contribution in [2.75, 3.05) is 0 Å². The van der Waals surface area contributed by atoms with Gasteiger partial charge in [0, 0.05) is 6.04 Å². The summed E-state index contributed by atoms with van der Waals surface area (Å²) in [4.78, 5) is 0. The highest BCUT2D eigenvalue weighted by Crippen LogP contribution is 2.44. The van der Waals surface area contributed by atoms with Gasteiger partial charge in [0.2, 0.25) is 0 Å². The van der Waals surface area contributed by atoms with Crippen LogP contribution in [0.4, 0.5) is 0 Å². The Balaban J connectivity index is 2.06. The van der Waals surface area contributed by atoms with Crippen LogP contribution in [0.5, 0.6) is 0 Å². The van der Waals surface area contributed by atoms with Crippen LogP contribution in [0.1, 0.15) is 65.7 Å². The Bertz CT molecular complexity index is 309. The molecule has 0 aromatic heterocycles. The van der Waals surface area contributed by atoms with E-state index in [1.807, 2.05) is 0 Å². The lowest BCUT2D eigenvalue weighted by atomic mass is 9.64. The molecule has 17 heavy (non-hydrogen) atoms. The molecule has 2 aliphatic carbocycles. The Morgan fingerprint density at radius 1 is 1.18 bits per heavy atom. The third-order valence-electron chi connectivity index (χ3n) is 4.91. The Kier molecular flexibility index (Phi) is 3.50. The van der Waals surface area contributed by atoms with Gasteiger partial charge in [-0.25, -0.2) is 0 Å². The van der Waals surface area contributed by atoms with Gasteiger partial charge in [-0.05, 0) is 43.4 Å². The monoisotopic (exact) mass is 234 g/mol. The number of rotatable bonds is 2. The molecule has 2 nitrogen and oxygen atoms in total. The minimum atomic E-state index is -0.246. The van der Waals surface area contributed by atoms with Crippen molar-refractivity contribution in [3.05, 3.63) is 0 Å². The summed E-state index contributed by atoms with van der Waals surface area (Å²) < 4.78 is 0. The van der Waals surface area contributed by atoms with E-state index in [1.165, 1.54) is 38.5 Å². The molecule has 1 N–H and O–H groups in total. The van der Waals surface area contributed by atoms with Crippen LogP contribution >= 0.6 is 0 Å². The molecular formula is C15H26N2. The molecule has 2 atom stereocenters. The molecule has 0 spiro atoms. The molecule has 2 rings (SSSR count). The van der Waals surface area contributed by atoms with Gasteiger partial charge in [-0.3, -0.25) is 5.32 Å². The third-order valence-corrected chi connectivity index (χ3v) is 4.91. The van der Waals surface area contributed by atoms with E-state index < -0.39 is 0 Å². The zero-order valence-electron chi connectivity index (χ0n) is 11.6. The maximum absolute atomic E-state index is 9.63. The number of hydrogen-bond acceptors (Lipinski definition) is 2. The average molecular weight is 234 g/mol. The Hall–Kier alpha value is -0.550. The number of nitrogens with zero attached hydrogens (tertiary/aromatic N) is 1. The van der Waals surface area contributed by atoms with E-state index >= 15 is 0 Å². The highest BCUT2D eigenvalue weighted by Gasteiger charge is 2.45. The molecule has 0 aromatic carbocycles. The predicted octanol–water partition coefficient (Wildman–Crippen LogP) is 3.63. The largest absolute Gasteiger partial charge is 0.296 e. The second kappa shape index (κ2) is 4.61. The van der Waals surface area contributed by atoms with Crippen molar-refractivity contribution in [1.82, 2.24) is 5.32 Å². The van der Waals surface area contributed by atoms with Gasteiger partial charge in [-0.2, -0.15) is 5.26 Å². The highest BCUT2D eigenvalue weighted by molar-refractivity contribution is 5.14. The van der Waals surface area contributed by atoms with Gasteiger partial charge in [0.25, 0.3) is 0 Å². The van der Waals surface area contributed by atoms with Gasteiger partial charge in [-0.15, -0.1) is 0 Å². The van der Waals surface area contributed by atoms with Crippen molar-refractivity contribution >= 4 is 0 Å². The van der Waals surface area contributed by atoms with Crippen LogP contribution < -0.4 is 5.32 Å². The first-order chi connectivity index (χ1) is 7.97. The van der Waals surface area contributed by atoms with Crippen LogP contribution in [0, 0.1) is 22.7 Å².